The number of hydrogen-bond donors (Lipinski definition) is 1. The summed E-state index contributed by atoms with van der Waals surface area (Å²) in [6.45, 7) is 1.05. The SMILES string of the molecule is O=C(/C=C/C(=O)N1CCC(c2nc(-c3ccc(Cl)c([N+](=O)[O-])c3)cs2)CC1)Nc1cccc(Cl)c1Cl. The van der Waals surface area contributed by atoms with Crippen molar-refractivity contribution in [2.75, 3.05) is 18.4 Å². The minimum Gasteiger partial charge on any atom is -0.339 e. The zero-order chi connectivity index (χ0) is 25.8. The molecule has 1 aromatic heterocycles. The molecular formula is C24H19Cl3N4O4S. The summed E-state index contributed by atoms with van der Waals surface area (Å²) in [6, 6.07) is 9.51. The summed E-state index contributed by atoms with van der Waals surface area (Å²) < 4.78 is 0. The van der Waals surface area contributed by atoms with Gasteiger partial charge in [0.1, 0.15) is 5.02 Å². The number of nitro benzene ring substituents is 1. The first-order valence-corrected chi connectivity index (χ1v) is 12.9. The molecule has 0 radical (unpaired) electrons. The molecule has 3 aromatic rings. The number of halogens is 3. The predicted molar refractivity (Wildman–Crippen MR) is 142 cm³/mol. The molecule has 2 aromatic carbocycles. The fourth-order valence-corrected chi connectivity index (χ4v) is 5.33. The molecule has 12 heteroatoms. The number of nitrogens with one attached hydrogen (secondary N) is 1. The topological polar surface area (TPSA) is 105 Å². The van der Waals surface area contributed by atoms with Gasteiger partial charge in [0, 0.05) is 48.2 Å². The van der Waals surface area contributed by atoms with Crippen LogP contribution in [0, 0.1) is 10.1 Å². The number of hydrogen-bond acceptors (Lipinski definition) is 6. The molecule has 1 aliphatic heterocycles. The summed E-state index contributed by atoms with van der Waals surface area (Å²) in [7, 11) is 0. The number of likely N-dealkylation sites (tertiary alicyclic amines) is 1. The van der Waals surface area contributed by atoms with Gasteiger partial charge in [0.05, 0.1) is 31.4 Å². The first-order chi connectivity index (χ1) is 17.2. The highest BCUT2D eigenvalue weighted by molar-refractivity contribution is 7.10. The molecule has 1 aliphatic rings. The first-order valence-electron chi connectivity index (χ1n) is 10.8. The quantitative estimate of drug-likeness (QED) is 0.206. The Kier molecular flexibility index (Phi) is 8.25. The van der Waals surface area contributed by atoms with E-state index >= 15 is 0 Å². The smallest absolute Gasteiger partial charge is 0.288 e. The number of carbonyl (C=O) groups is 2. The predicted octanol–water partition coefficient (Wildman–Crippen LogP) is 6.58. The van der Waals surface area contributed by atoms with Crippen LogP contribution in [0.1, 0.15) is 23.8 Å². The minimum absolute atomic E-state index is 0.0797. The lowest BCUT2D eigenvalue weighted by atomic mass is 9.97. The molecule has 2 heterocycles. The van der Waals surface area contributed by atoms with E-state index in [1.807, 2.05) is 5.38 Å². The number of aromatic nitrogens is 1. The second-order valence-corrected chi connectivity index (χ2v) is 10.1. The summed E-state index contributed by atoms with van der Waals surface area (Å²) in [6.07, 6.45) is 3.85. The van der Waals surface area contributed by atoms with Crippen LogP contribution in [-0.2, 0) is 9.59 Å². The highest BCUT2D eigenvalue weighted by Crippen LogP contribution is 2.35. The molecule has 0 atom stereocenters. The number of nitrogens with zero attached hydrogens (tertiary/aromatic N) is 3. The molecule has 0 aliphatic carbocycles. The van der Waals surface area contributed by atoms with E-state index in [0.717, 1.165) is 17.8 Å². The maximum Gasteiger partial charge on any atom is 0.288 e. The van der Waals surface area contributed by atoms with Crippen molar-refractivity contribution in [3.63, 3.8) is 0 Å². The lowest BCUT2D eigenvalue weighted by Crippen LogP contribution is -2.37. The molecule has 8 nitrogen and oxygen atoms in total. The van der Waals surface area contributed by atoms with E-state index in [4.69, 9.17) is 34.8 Å². The van der Waals surface area contributed by atoms with Gasteiger partial charge in [-0.2, -0.15) is 0 Å². The van der Waals surface area contributed by atoms with Crippen LogP contribution in [0.3, 0.4) is 0 Å². The summed E-state index contributed by atoms with van der Waals surface area (Å²) in [5.74, 6) is -0.568. The van der Waals surface area contributed by atoms with E-state index in [1.165, 1.54) is 35.6 Å². The Hall–Kier alpha value is -2.98. The number of anilines is 1. The van der Waals surface area contributed by atoms with Crippen molar-refractivity contribution >= 4 is 69.3 Å². The lowest BCUT2D eigenvalue weighted by molar-refractivity contribution is -0.384. The standard InChI is InChI=1S/C24H19Cl3N4O4S/c25-16-5-4-15(12-20(16)31(34)35)19-13-36-24(29-19)14-8-10-30(11-9-14)22(33)7-6-21(32)28-18-3-1-2-17(26)23(18)27/h1-7,12-14H,8-11H2,(H,28,32)/b7-6+. The van der Waals surface area contributed by atoms with Crippen molar-refractivity contribution in [1.82, 2.24) is 9.88 Å². The third-order valence-corrected chi connectivity index (χ3v) is 7.85. The van der Waals surface area contributed by atoms with Gasteiger partial charge >= 0.3 is 0 Å². The summed E-state index contributed by atoms with van der Waals surface area (Å²) in [5.41, 5.74) is 1.49. The van der Waals surface area contributed by atoms with Gasteiger partial charge in [-0.15, -0.1) is 11.3 Å². The molecule has 2 amide bonds. The zero-order valence-electron chi connectivity index (χ0n) is 18.6. The molecule has 1 N–H and O–H groups in total. The molecule has 0 spiro atoms. The second kappa shape index (κ2) is 11.4. The average Bonchev–Trinajstić information content (AvgIpc) is 3.36. The van der Waals surface area contributed by atoms with Crippen molar-refractivity contribution < 1.29 is 14.5 Å². The van der Waals surface area contributed by atoms with E-state index < -0.39 is 10.8 Å². The van der Waals surface area contributed by atoms with E-state index in [0.29, 0.717) is 35.1 Å². The highest BCUT2D eigenvalue weighted by Gasteiger charge is 2.25. The van der Waals surface area contributed by atoms with Crippen LogP contribution >= 0.6 is 46.1 Å². The van der Waals surface area contributed by atoms with E-state index in [9.17, 15) is 19.7 Å². The van der Waals surface area contributed by atoms with E-state index in [-0.39, 0.29) is 27.6 Å². The number of rotatable bonds is 6. The van der Waals surface area contributed by atoms with Crippen LogP contribution in [0.5, 0.6) is 0 Å². The van der Waals surface area contributed by atoms with Gasteiger partial charge in [0.2, 0.25) is 11.8 Å². The molecule has 0 unspecified atom stereocenters. The zero-order valence-corrected chi connectivity index (χ0v) is 21.7. The van der Waals surface area contributed by atoms with Crippen LogP contribution < -0.4 is 5.32 Å². The third-order valence-electron chi connectivity index (χ3n) is 5.70. The van der Waals surface area contributed by atoms with Gasteiger partial charge < -0.3 is 10.2 Å². The van der Waals surface area contributed by atoms with E-state index in [1.54, 1.807) is 29.2 Å². The van der Waals surface area contributed by atoms with Crippen LogP contribution in [0.2, 0.25) is 15.1 Å². The Balaban J connectivity index is 1.32. The first kappa shape index (κ1) is 26.1. The Bertz CT molecular complexity index is 1350. The minimum atomic E-state index is -0.518. The van der Waals surface area contributed by atoms with Crippen molar-refractivity contribution in [2.24, 2.45) is 0 Å². The molecule has 36 heavy (non-hydrogen) atoms. The highest BCUT2D eigenvalue weighted by atomic mass is 35.5. The number of carbonyl (C=O) groups excluding carboxylic acids is 2. The van der Waals surface area contributed by atoms with Gasteiger partial charge in [-0.3, -0.25) is 19.7 Å². The number of benzene rings is 2. The average molecular weight is 566 g/mol. The molecule has 1 saturated heterocycles. The largest absolute Gasteiger partial charge is 0.339 e. The maximum atomic E-state index is 12.6. The van der Waals surface area contributed by atoms with Crippen LogP contribution in [-0.4, -0.2) is 39.7 Å². The van der Waals surface area contributed by atoms with Gasteiger partial charge in [0.25, 0.3) is 5.69 Å². The normalized spacial score (nSPS) is 14.2. The Labute approximate surface area is 225 Å². The van der Waals surface area contributed by atoms with Crippen LogP contribution in [0.4, 0.5) is 11.4 Å². The number of piperidine rings is 1. The van der Waals surface area contributed by atoms with Crippen molar-refractivity contribution in [1.29, 1.82) is 0 Å². The van der Waals surface area contributed by atoms with Crippen LogP contribution in [0.15, 0.2) is 53.9 Å². The van der Waals surface area contributed by atoms with Gasteiger partial charge in [-0.05, 0) is 31.0 Å². The van der Waals surface area contributed by atoms with Gasteiger partial charge in [-0.1, -0.05) is 46.9 Å². The Morgan fingerprint density at radius 1 is 1.11 bits per heavy atom. The maximum absolute atomic E-state index is 12.6. The fraction of sp³-hybridized carbons (Fsp3) is 0.208. The Morgan fingerprint density at radius 3 is 2.58 bits per heavy atom. The van der Waals surface area contributed by atoms with Crippen molar-refractivity contribution in [2.45, 2.75) is 18.8 Å². The molecule has 4 rings (SSSR count). The second-order valence-electron chi connectivity index (χ2n) is 8.02. The van der Waals surface area contributed by atoms with E-state index in [2.05, 4.69) is 10.3 Å². The third kappa shape index (κ3) is 6.04. The molecule has 0 saturated carbocycles. The lowest BCUT2D eigenvalue weighted by Gasteiger charge is -2.30. The number of nitro groups is 1. The molecule has 0 bridgehead atoms. The summed E-state index contributed by atoms with van der Waals surface area (Å²) >= 11 is 19.4. The van der Waals surface area contributed by atoms with Crippen LogP contribution in [0.25, 0.3) is 11.3 Å². The Morgan fingerprint density at radius 2 is 1.86 bits per heavy atom. The number of thiazole rings is 1. The summed E-state index contributed by atoms with van der Waals surface area (Å²) in [4.78, 5) is 41.7. The van der Waals surface area contributed by atoms with Gasteiger partial charge in [-0.25, -0.2) is 4.98 Å². The van der Waals surface area contributed by atoms with Gasteiger partial charge in [0.15, 0.2) is 0 Å². The fourth-order valence-electron chi connectivity index (χ4n) is 3.79. The monoisotopic (exact) mass is 564 g/mol. The molecule has 186 valence electrons. The summed E-state index contributed by atoms with van der Waals surface area (Å²) in [5, 5.41) is 17.2. The molecular weight excluding hydrogens is 547 g/mol. The van der Waals surface area contributed by atoms with Crippen molar-refractivity contribution in [3.05, 3.63) is 84.1 Å². The number of amides is 2. The molecule has 1 fully saturated rings. The van der Waals surface area contributed by atoms with Crippen molar-refractivity contribution in [3.8, 4) is 11.3 Å².